The van der Waals surface area contributed by atoms with Crippen molar-refractivity contribution in [3.63, 3.8) is 0 Å². The highest BCUT2D eigenvalue weighted by atomic mass is 32.1. The lowest BCUT2D eigenvalue weighted by atomic mass is 9.99. The lowest BCUT2D eigenvalue weighted by molar-refractivity contribution is 0.0918. The molecule has 1 amide bonds. The molecule has 1 N–H and O–H groups in total. The standard InChI is InChI=1S/C19H28N2OS/c1-14(2)7-10-21-11-8-16(9-12-21)20-19(22)18-13-15-5-3-4-6-17(15)23-18/h7,13,16H,3-6,8-12H2,1-2H3,(H,20,22). The van der Waals surface area contributed by atoms with Crippen molar-refractivity contribution in [1.82, 2.24) is 10.2 Å². The summed E-state index contributed by atoms with van der Waals surface area (Å²) in [5, 5.41) is 3.26. The lowest BCUT2D eigenvalue weighted by Gasteiger charge is -2.31. The first-order chi connectivity index (χ1) is 11.1. The minimum absolute atomic E-state index is 0.146. The molecule has 3 nitrogen and oxygen atoms in total. The van der Waals surface area contributed by atoms with Crippen molar-refractivity contribution in [2.75, 3.05) is 19.6 Å². The summed E-state index contributed by atoms with van der Waals surface area (Å²) in [6, 6.07) is 2.47. The second-order valence-corrected chi connectivity index (χ2v) is 8.23. The van der Waals surface area contributed by atoms with Gasteiger partial charge in [0, 0.05) is 30.6 Å². The van der Waals surface area contributed by atoms with Gasteiger partial charge in [0.1, 0.15) is 0 Å². The number of carbonyl (C=O) groups excluding carboxylic acids is 1. The molecular formula is C19H28N2OS. The van der Waals surface area contributed by atoms with Crippen LogP contribution in [0, 0.1) is 0 Å². The van der Waals surface area contributed by atoms with Crippen LogP contribution in [0.4, 0.5) is 0 Å². The molecule has 0 aromatic carbocycles. The van der Waals surface area contributed by atoms with Crippen LogP contribution in [-0.2, 0) is 12.8 Å². The smallest absolute Gasteiger partial charge is 0.261 e. The Balaban J connectivity index is 1.49. The van der Waals surface area contributed by atoms with Gasteiger partial charge in [-0.05, 0) is 64.0 Å². The van der Waals surface area contributed by atoms with Crippen molar-refractivity contribution < 1.29 is 4.79 Å². The average molecular weight is 333 g/mol. The largest absolute Gasteiger partial charge is 0.349 e. The Morgan fingerprint density at radius 2 is 2.04 bits per heavy atom. The van der Waals surface area contributed by atoms with Crippen molar-refractivity contribution in [2.24, 2.45) is 0 Å². The summed E-state index contributed by atoms with van der Waals surface area (Å²) in [6.45, 7) is 7.49. The van der Waals surface area contributed by atoms with Gasteiger partial charge in [-0.2, -0.15) is 0 Å². The van der Waals surface area contributed by atoms with E-state index in [-0.39, 0.29) is 5.91 Å². The maximum Gasteiger partial charge on any atom is 0.261 e. The van der Waals surface area contributed by atoms with E-state index in [0.29, 0.717) is 6.04 Å². The normalized spacial score (nSPS) is 19.2. The van der Waals surface area contributed by atoms with Gasteiger partial charge >= 0.3 is 0 Å². The van der Waals surface area contributed by atoms with Crippen molar-refractivity contribution in [2.45, 2.75) is 58.4 Å². The molecule has 0 spiro atoms. The number of rotatable bonds is 4. The monoisotopic (exact) mass is 332 g/mol. The van der Waals surface area contributed by atoms with Gasteiger partial charge < -0.3 is 5.32 Å². The fraction of sp³-hybridized carbons (Fsp3) is 0.632. The Morgan fingerprint density at radius 3 is 2.74 bits per heavy atom. The molecule has 126 valence electrons. The maximum atomic E-state index is 12.5. The molecule has 4 heteroatoms. The first-order valence-electron chi connectivity index (χ1n) is 8.90. The van der Waals surface area contributed by atoms with Crippen LogP contribution < -0.4 is 5.32 Å². The summed E-state index contributed by atoms with van der Waals surface area (Å²) >= 11 is 1.71. The number of amides is 1. The molecule has 1 aromatic heterocycles. The Morgan fingerprint density at radius 1 is 1.30 bits per heavy atom. The summed E-state index contributed by atoms with van der Waals surface area (Å²) in [4.78, 5) is 17.3. The van der Waals surface area contributed by atoms with Crippen LogP contribution in [0.5, 0.6) is 0 Å². The van der Waals surface area contributed by atoms with Crippen LogP contribution in [0.3, 0.4) is 0 Å². The van der Waals surface area contributed by atoms with Gasteiger partial charge in [0.15, 0.2) is 0 Å². The van der Waals surface area contributed by atoms with Gasteiger partial charge in [-0.3, -0.25) is 9.69 Å². The SMILES string of the molecule is CC(C)=CCN1CCC(NC(=O)c2cc3c(s2)CCCC3)CC1. The molecule has 0 unspecified atom stereocenters. The number of fused-ring (bicyclic) bond motifs is 1. The molecule has 1 aromatic rings. The van der Waals surface area contributed by atoms with E-state index in [1.54, 1.807) is 11.3 Å². The topological polar surface area (TPSA) is 32.3 Å². The number of aryl methyl sites for hydroxylation is 2. The molecule has 1 aliphatic carbocycles. The predicted octanol–water partition coefficient (Wildman–Crippen LogP) is 3.79. The number of allylic oxidation sites excluding steroid dienone is 1. The highest BCUT2D eigenvalue weighted by Crippen LogP contribution is 2.29. The zero-order valence-electron chi connectivity index (χ0n) is 14.4. The van der Waals surface area contributed by atoms with E-state index in [1.807, 2.05) is 0 Å². The molecule has 1 fully saturated rings. The van der Waals surface area contributed by atoms with Crippen molar-refractivity contribution in [1.29, 1.82) is 0 Å². The van der Waals surface area contributed by atoms with Crippen molar-refractivity contribution >= 4 is 17.2 Å². The number of thiophene rings is 1. The van der Waals surface area contributed by atoms with E-state index in [2.05, 4.69) is 36.2 Å². The second kappa shape index (κ2) is 7.63. The Bertz CT molecular complexity index is 555. The number of hydrogen-bond donors (Lipinski definition) is 1. The zero-order chi connectivity index (χ0) is 16.2. The summed E-state index contributed by atoms with van der Waals surface area (Å²) in [5.41, 5.74) is 2.80. The molecule has 0 saturated carbocycles. The fourth-order valence-electron chi connectivity index (χ4n) is 3.43. The number of hydrogen-bond acceptors (Lipinski definition) is 3. The molecule has 1 saturated heterocycles. The minimum atomic E-state index is 0.146. The quantitative estimate of drug-likeness (QED) is 0.851. The molecule has 2 heterocycles. The van der Waals surface area contributed by atoms with E-state index in [0.717, 1.165) is 50.2 Å². The predicted molar refractivity (Wildman–Crippen MR) is 97.3 cm³/mol. The third-order valence-electron chi connectivity index (χ3n) is 4.90. The van der Waals surface area contributed by atoms with Crippen LogP contribution in [0.15, 0.2) is 17.7 Å². The third-order valence-corrected chi connectivity index (χ3v) is 6.14. The summed E-state index contributed by atoms with van der Waals surface area (Å²) < 4.78 is 0. The fourth-order valence-corrected chi connectivity index (χ4v) is 4.59. The van der Waals surface area contributed by atoms with E-state index in [1.165, 1.54) is 28.9 Å². The summed E-state index contributed by atoms with van der Waals surface area (Å²) in [6.07, 6.45) is 9.28. The summed E-state index contributed by atoms with van der Waals surface area (Å²) in [5.74, 6) is 0.146. The van der Waals surface area contributed by atoms with Gasteiger partial charge in [-0.25, -0.2) is 0 Å². The maximum absolute atomic E-state index is 12.5. The Labute approximate surface area is 143 Å². The van der Waals surface area contributed by atoms with E-state index >= 15 is 0 Å². The van der Waals surface area contributed by atoms with Gasteiger partial charge in [0.05, 0.1) is 4.88 Å². The van der Waals surface area contributed by atoms with E-state index in [9.17, 15) is 4.79 Å². The van der Waals surface area contributed by atoms with Crippen LogP contribution in [0.2, 0.25) is 0 Å². The van der Waals surface area contributed by atoms with Gasteiger partial charge in [0.25, 0.3) is 5.91 Å². The van der Waals surface area contributed by atoms with E-state index in [4.69, 9.17) is 0 Å². The van der Waals surface area contributed by atoms with E-state index < -0.39 is 0 Å². The van der Waals surface area contributed by atoms with Gasteiger partial charge in [-0.15, -0.1) is 11.3 Å². The average Bonchev–Trinajstić information content (AvgIpc) is 2.98. The number of nitrogens with one attached hydrogen (secondary N) is 1. The van der Waals surface area contributed by atoms with Crippen LogP contribution >= 0.6 is 11.3 Å². The van der Waals surface area contributed by atoms with Gasteiger partial charge in [0.2, 0.25) is 0 Å². The third kappa shape index (κ3) is 4.45. The first-order valence-corrected chi connectivity index (χ1v) is 9.71. The molecule has 0 atom stereocenters. The molecular weight excluding hydrogens is 304 g/mol. The molecule has 0 bridgehead atoms. The second-order valence-electron chi connectivity index (χ2n) is 7.10. The lowest BCUT2D eigenvalue weighted by Crippen LogP contribution is -2.44. The number of carbonyl (C=O) groups is 1. The number of nitrogens with zero attached hydrogens (tertiary/aromatic N) is 1. The minimum Gasteiger partial charge on any atom is -0.349 e. The molecule has 2 aliphatic rings. The van der Waals surface area contributed by atoms with Gasteiger partial charge in [-0.1, -0.05) is 11.6 Å². The molecule has 23 heavy (non-hydrogen) atoms. The van der Waals surface area contributed by atoms with Crippen LogP contribution in [0.1, 0.15) is 59.6 Å². The Hall–Kier alpha value is -1.13. The zero-order valence-corrected chi connectivity index (χ0v) is 15.2. The van der Waals surface area contributed by atoms with Crippen molar-refractivity contribution in [3.05, 3.63) is 33.0 Å². The van der Waals surface area contributed by atoms with Crippen LogP contribution in [-0.4, -0.2) is 36.5 Å². The highest BCUT2D eigenvalue weighted by Gasteiger charge is 2.22. The number of likely N-dealkylation sites (tertiary alicyclic amines) is 1. The first kappa shape index (κ1) is 16.7. The Kier molecular flexibility index (Phi) is 5.54. The molecule has 1 aliphatic heterocycles. The summed E-state index contributed by atoms with van der Waals surface area (Å²) in [7, 11) is 0. The molecule has 3 rings (SSSR count). The molecule has 0 radical (unpaired) electrons. The number of piperidine rings is 1. The van der Waals surface area contributed by atoms with Crippen LogP contribution in [0.25, 0.3) is 0 Å². The highest BCUT2D eigenvalue weighted by molar-refractivity contribution is 7.14. The van der Waals surface area contributed by atoms with Crippen molar-refractivity contribution in [3.8, 4) is 0 Å².